The standard InChI is InChI=1S/C9H14N4O/c1-5(2)13-4-10-7-8(13)11-6(3)12-9(7)14/h4-5,7-8H,1-3H3,(H,11,12,14). The molecule has 0 aromatic heterocycles. The summed E-state index contributed by atoms with van der Waals surface area (Å²) in [5.41, 5.74) is 0. The van der Waals surface area contributed by atoms with Crippen LogP contribution in [0.1, 0.15) is 20.8 Å². The van der Waals surface area contributed by atoms with Crippen molar-refractivity contribution < 1.29 is 4.79 Å². The Morgan fingerprint density at radius 3 is 2.93 bits per heavy atom. The van der Waals surface area contributed by atoms with E-state index >= 15 is 0 Å². The number of aliphatic imine (C=N–C) groups is 2. The molecule has 2 heterocycles. The number of hydrogen-bond donors (Lipinski definition) is 1. The van der Waals surface area contributed by atoms with Crippen molar-refractivity contribution in [1.82, 2.24) is 10.2 Å². The van der Waals surface area contributed by atoms with Crippen molar-refractivity contribution in [1.29, 1.82) is 0 Å². The van der Waals surface area contributed by atoms with Gasteiger partial charge in [-0.2, -0.15) is 0 Å². The van der Waals surface area contributed by atoms with Gasteiger partial charge in [0.25, 0.3) is 5.91 Å². The van der Waals surface area contributed by atoms with E-state index in [1.165, 1.54) is 0 Å². The lowest BCUT2D eigenvalue weighted by molar-refractivity contribution is -0.122. The largest absolute Gasteiger partial charge is 0.336 e. The van der Waals surface area contributed by atoms with E-state index in [0.717, 1.165) is 0 Å². The first-order valence-corrected chi connectivity index (χ1v) is 4.75. The molecule has 5 nitrogen and oxygen atoms in total. The summed E-state index contributed by atoms with van der Waals surface area (Å²) >= 11 is 0. The molecule has 2 aliphatic rings. The average Bonchev–Trinajstić information content (AvgIpc) is 2.47. The quantitative estimate of drug-likeness (QED) is 0.638. The molecule has 2 rings (SSSR count). The van der Waals surface area contributed by atoms with Crippen LogP contribution < -0.4 is 5.32 Å². The Bertz CT molecular complexity index is 321. The number of hydrogen-bond acceptors (Lipinski definition) is 4. The molecule has 0 spiro atoms. The summed E-state index contributed by atoms with van der Waals surface area (Å²) in [6.07, 6.45) is 1.59. The molecule has 0 aromatic carbocycles. The third kappa shape index (κ3) is 1.29. The number of carbonyl (C=O) groups excluding carboxylic acids is 1. The van der Waals surface area contributed by atoms with E-state index in [0.29, 0.717) is 11.9 Å². The van der Waals surface area contributed by atoms with Crippen LogP contribution >= 0.6 is 0 Å². The first-order chi connectivity index (χ1) is 6.59. The number of amides is 1. The minimum Gasteiger partial charge on any atom is -0.336 e. The first-order valence-electron chi connectivity index (χ1n) is 4.75. The van der Waals surface area contributed by atoms with Crippen LogP contribution in [0.4, 0.5) is 0 Å². The molecule has 76 valence electrons. The van der Waals surface area contributed by atoms with Crippen molar-refractivity contribution in [3.8, 4) is 0 Å². The topological polar surface area (TPSA) is 57.1 Å². The van der Waals surface area contributed by atoms with Gasteiger partial charge in [0.05, 0.1) is 6.34 Å². The Balaban J connectivity index is 2.28. The van der Waals surface area contributed by atoms with E-state index in [1.54, 1.807) is 13.3 Å². The van der Waals surface area contributed by atoms with Crippen LogP contribution in [0.25, 0.3) is 0 Å². The van der Waals surface area contributed by atoms with Gasteiger partial charge in [-0.05, 0) is 20.8 Å². The zero-order valence-electron chi connectivity index (χ0n) is 8.56. The number of fused-ring (bicyclic) bond motifs is 1. The Morgan fingerprint density at radius 1 is 1.57 bits per heavy atom. The van der Waals surface area contributed by atoms with Crippen LogP contribution in [0.2, 0.25) is 0 Å². The van der Waals surface area contributed by atoms with Gasteiger partial charge in [-0.3, -0.25) is 9.79 Å². The third-order valence-electron chi connectivity index (χ3n) is 2.44. The van der Waals surface area contributed by atoms with Gasteiger partial charge in [0.15, 0.2) is 12.2 Å². The molecular weight excluding hydrogens is 180 g/mol. The first kappa shape index (κ1) is 9.18. The van der Waals surface area contributed by atoms with Gasteiger partial charge in [-0.1, -0.05) is 0 Å². The van der Waals surface area contributed by atoms with Gasteiger partial charge >= 0.3 is 0 Å². The molecule has 0 saturated heterocycles. The van der Waals surface area contributed by atoms with Crippen LogP contribution in [0.3, 0.4) is 0 Å². The summed E-state index contributed by atoms with van der Waals surface area (Å²) in [6, 6.07) is -0.0442. The van der Waals surface area contributed by atoms with E-state index in [4.69, 9.17) is 0 Å². The Labute approximate surface area is 82.9 Å². The Hall–Kier alpha value is -1.39. The second-order valence-electron chi connectivity index (χ2n) is 3.87. The maximum Gasteiger partial charge on any atom is 0.254 e. The molecule has 1 N–H and O–H groups in total. The van der Waals surface area contributed by atoms with Crippen LogP contribution in [-0.4, -0.2) is 41.2 Å². The molecule has 0 fully saturated rings. The zero-order valence-corrected chi connectivity index (χ0v) is 8.56. The molecule has 2 aliphatic heterocycles. The Kier molecular flexibility index (Phi) is 2.02. The number of nitrogens with zero attached hydrogens (tertiary/aromatic N) is 3. The fourth-order valence-electron chi connectivity index (χ4n) is 1.72. The van der Waals surface area contributed by atoms with Crippen LogP contribution in [0.5, 0.6) is 0 Å². The molecule has 5 heteroatoms. The smallest absolute Gasteiger partial charge is 0.254 e. The maximum atomic E-state index is 11.5. The highest BCUT2D eigenvalue weighted by molar-refractivity contribution is 6.03. The lowest BCUT2D eigenvalue weighted by atomic mass is 10.1. The van der Waals surface area contributed by atoms with Crippen molar-refractivity contribution >= 4 is 18.1 Å². The second kappa shape index (κ2) is 3.08. The summed E-state index contributed by atoms with van der Waals surface area (Å²) in [7, 11) is 0. The predicted octanol–water partition coefficient (Wildman–Crippen LogP) is -0.0184. The summed E-state index contributed by atoms with van der Waals surface area (Å²) in [4.78, 5) is 22.1. The van der Waals surface area contributed by atoms with Crippen LogP contribution in [0, 0.1) is 0 Å². The molecule has 0 radical (unpaired) electrons. The molecule has 1 amide bonds. The third-order valence-corrected chi connectivity index (χ3v) is 2.44. The molecule has 2 unspecified atom stereocenters. The molecule has 0 aliphatic carbocycles. The SMILES string of the molecule is CC1=NC2C(N=CN2C(C)C)C(=O)N1. The van der Waals surface area contributed by atoms with E-state index < -0.39 is 0 Å². The van der Waals surface area contributed by atoms with Crippen molar-refractivity contribution in [3.05, 3.63) is 0 Å². The predicted molar refractivity (Wildman–Crippen MR) is 54.3 cm³/mol. The molecule has 0 bridgehead atoms. The molecule has 0 aromatic rings. The van der Waals surface area contributed by atoms with E-state index in [1.807, 2.05) is 4.90 Å². The normalized spacial score (nSPS) is 30.4. The van der Waals surface area contributed by atoms with Gasteiger partial charge in [-0.25, -0.2) is 4.99 Å². The van der Waals surface area contributed by atoms with Crippen molar-refractivity contribution in [2.45, 2.75) is 39.0 Å². The van der Waals surface area contributed by atoms with E-state index in [2.05, 4.69) is 29.1 Å². The van der Waals surface area contributed by atoms with Crippen molar-refractivity contribution in [3.63, 3.8) is 0 Å². The summed E-state index contributed by atoms with van der Waals surface area (Å²) in [5.74, 6) is 0.620. The molecule has 2 atom stereocenters. The number of rotatable bonds is 1. The highest BCUT2D eigenvalue weighted by Crippen LogP contribution is 2.20. The fourth-order valence-corrected chi connectivity index (χ4v) is 1.72. The Morgan fingerprint density at radius 2 is 2.29 bits per heavy atom. The molecular formula is C9H14N4O. The molecule has 0 saturated carbocycles. The van der Waals surface area contributed by atoms with E-state index in [9.17, 15) is 4.79 Å². The van der Waals surface area contributed by atoms with Gasteiger partial charge < -0.3 is 10.2 Å². The lowest BCUT2D eigenvalue weighted by Crippen LogP contribution is -2.51. The van der Waals surface area contributed by atoms with Gasteiger partial charge in [0.2, 0.25) is 0 Å². The zero-order chi connectivity index (χ0) is 10.3. The average molecular weight is 194 g/mol. The lowest BCUT2D eigenvalue weighted by Gasteiger charge is -2.30. The van der Waals surface area contributed by atoms with E-state index in [-0.39, 0.29) is 18.1 Å². The summed E-state index contributed by atoms with van der Waals surface area (Å²) < 4.78 is 0. The minimum atomic E-state index is -0.360. The highest BCUT2D eigenvalue weighted by Gasteiger charge is 2.39. The van der Waals surface area contributed by atoms with Gasteiger partial charge in [-0.15, -0.1) is 0 Å². The maximum absolute atomic E-state index is 11.5. The molecule has 14 heavy (non-hydrogen) atoms. The van der Waals surface area contributed by atoms with Gasteiger partial charge in [0.1, 0.15) is 5.84 Å². The van der Waals surface area contributed by atoms with Crippen molar-refractivity contribution in [2.24, 2.45) is 9.98 Å². The monoisotopic (exact) mass is 194 g/mol. The minimum absolute atomic E-state index is 0.0538. The van der Waals surface area contributed by atoms with Crippen LogP contribution in [-0.2, 0) is 4.79 Å². The van der Waals surface area contributed by atoms with Gasteiger partial charge in [0, 0.05) is 6.04 Å². The summed E-state index contributed by atoms with van der Waals surface area (Å²) in [5, 5.41) is 2.68. The highest BCUT2D eigenvalue weighted by atomic mass is 16.2. The second-order valence-corrected chi connectivity index (χ2v) is 3.87. The van der Waals surface area contributed by atoms with Crippen LogP contribution in [0.15, 0.2) is 9.98 Å². The summed E-state index contributed by atoms with van der Waals surface area (Å²) in [6.45, 7) is 5.92. The fraction of sp³-hybridized carbons (Fsp3) is 0.667. The number of nitrogens with one attached hydrogen (secondary N) is 1. The van der Waals surface area contributed by atoms with Crippen molar-refractivity contribution in [2.75, 3.05) is 0 Å². The number of amidine groups is 1. The number of carbonyl (C=O) groups is 1.